The molecule has 1 aliphatic rings. The van der Waals surface area contributed by atoms with Crippen molar-refractivity contribution in [2.24, 2.45) is 5.14 Å². The highest BCUT2D eigenvalue weighted by molar-refractivity contribution is 7.89. The second-order valence-corrected chi connectivity index (χ2v) is 7.39. The molecule has 1 unspecified atom stereocenters. The molecule has 140 valence electrons. The molecule has 5 atom stereocenters. The van der Waals surface area contributed by atoms with Gasteiger partial charge >= 0.3 is 0 Å². The molecule has 0 amide bonds. The van der Waals surface area contributed by atoms with Crippen molar-refractivity contribution in [2.75, 3.05) is 11.9 Å². The Hall–Kier alpha value is -1.38. The van der Waals surface area contributed by atoms with E-state index in [1.807, 2.05) is 0 Å². The molecule has 0 aromatic heterocycles. The summed E-state index contributed by atoms with van der Waals surface area (Å²) >= 11 is 5.05. The number of ether oxygens (including phenoxy) is 1. The van der Waals surface area contributed by atoms with Gasteiger partial charge in [0.15, 0.2) is 11.4 Å². The largest absolute Gasteiger partial charge is 0.394 e. The third kappa shape index (κ3) is 4.83. The number of sulfonamides is 1. The average Bonchev–Trinajstić information content (AvgIpc) is 2.54. The van der Waals surface area contributed by atoms with E-state index in [-0.39, 0.29) is 10.0 Å². The minimum absolute atomic E-state index is 0.00953. The smallest absolute Gasteiger partial charge is 0.238 e. The molecule has 2 rings (SSSR count). The predicted octanol–water partition coefficient (Wildman–Crippen LogP) is -2.58. The summed E-state index contributed by atoms with van der Waals surface area (Å²) in [5.41, 5.74) is 0.430. The topological polar surface area (TPSA) is 174 Å². The van der Waals surface area contributed by atoms with E-state index in [2.05, 4.69) is 10.6 Å². The van der Waals surface area contributed by atoms with Gasteiger partial charge in [-0.1, -0.05) is 0 Å². The third-order valence-corrected chi connectivity index (χ3v) is 4.79. The predicted molar refractivity (Wildman–Crippen MR) is 90.9 cm³/mol. The van der Waals surface area contributed by atoms with Crippen LogP contribution in [0.5, 0.6) is 0 Å². The Morgan fingerprint density at radius 1 is 1.20 bits per heavy atom. The monoisotopic (exact) mass is 393 g/mol. The molecule has 0 spiro atoms. The Balaban J connectivity index is 2.00. The fraction of sp³-hybridized carbons (Fsp3) is 0.462. The maximum absolute atomic E-state index is 11.2. The molecule has 0 radical (unpaired) electrons. The summed E-state index contributed by atoms with van der Waals surface area (Å²) < 4.78 is 27.4. The van der Waals surface area contributed by atoms with Gasteiger partial charge in [0.05, 0.1) is 11.5 Å². The van der Waals surface area contributed by atoms with Gasteiger partial charge in [-0.15, -0.1) is 0 Å². The first-order valence-electron chi connectivity index (χ1n) is 7.14. The Morgan fingerprint density at radius 3 is 2.32 bits per heavy atom. The van der Waals surface area contributed by atoms with Gasteiger partial charge in [-0.25, -0.2) is 13.6 Å². The maximum atomic E-state index is 11.2. The first-order chi connectivity index (χ1) is 11.6. The Kier molecular flexibility index (Phi) is 6.29. The highest BCUT2D eigenvalue weighted by atomic mass is 32.2. The van der Waals surface area contributed by atoms with Crippen LogP contribution in [0, 0.1) is 0 Å². The van der Waals surface area contributed by atoms with Crippen LogP contribution in [-0.4, -0.2) is 71.2 Å². The van der Waals surface area contributed by atoms with Crippen LogP contribution in [-0.2, 0) is 14.8 Å². The molecular weight excluding hydrogens is 374 g/mol. The van der Waals surface area contributed by atoms with Crippen molar-refractivity contribution in [3.63, 3.8) is 0 Å². The molecule has 1 aromatic carbocycles. The minimum atomic E-state index is -3.81. The molecule has 0 aliphatic carbocycles. The van der Waals surface area contributed by atoms with Crippen molar-refractivity contribution in [2.45, 2.75) is 35.5 Å². The lowest BCUT2D eigenvalue weighted by Crippen LogP contribution is -2.64. The summed E-state index contributed by atoms with van der Waals surface area (Å²) in [5.74, 6) is 0. The number of aliphatic hydroxyl groups excluding tert-OH is 4. The van der Waals surface area contributed by atoms with E-state index in [9.17, 15) is 23.7 Å². The van der Waals surface area contributed by atoms with Crippen LogP contribution >= 0.6 is 12.2 Å². The van der Waals surface area contributed by atoms with E-state index in [0.29, 0.717) is 5.69 Å². The number of rotatable bonds is 4. The highest BCUT2D eigenvalue weighted by Crippen LogP contribution is 2.20. The SMILES string of the molecule is NS(=O)(=O)c1ccc(NC(=S)N[C@H]2C(O)O[C@H](CO)[C@H](O)[C@@H]2O)cc1. The van der Waals surface area contributed by atoms with Gasteiger partial charge in [0, 0.05) is 5.69 Å². The molecule has 1 fully saturated rings. The van der Waals surface area contributed by atoms with Crippen LogP contribution < -0.4 is 15.8 Å². The number of nitrogens with two attached hydrogens (primary N) is 1. The van der Waals surface area contributed by atoms with Crippen LogP contribution in [0.15, 0.2) is 29.2 Å². The zero-order valence-corrected chi connectivity index (χ0v) is 14.4. The quantitative estimate of drug-likeness (QED) is 0.269. The number of anilines is 1. The standard InChI is InChI=1S/C13H19N3O7S2/c14-25(21,22)7-3-1-6(2-4-7)15-13(24)16-9-11(19)10(18)8(5-17)23-12(9)20/h1-4,8-12,17-20H,5H2,(H2,14,21,22)(H2,15,16,24)/t8-,9-,10+,11-,12?/m1/s1. The molecular formula is C13H19N3O7S2. The van der Waals surface area contributed by atoms with Crippen molar-refractivity contribution in [3.8, 4) is 0 Å². The highest BCUT2D eigenvalue weighted by Gasteiger charge is 2.43. The maximum Gasteiger partial charge on any atom is 0.238 e. The molecule has 25 heavy (non-hydrogen) atoms. The van der Waals surface area contributed by atoms with Crippen molar-refractivity contribution in [3.05, 3.63) is 24.3 Å². The van der Waals surface area contributed by atoms with Crippen LogP contribution in [0.2, 0.25) is 0 Å². The fourth-order valence-corrected chi connectivity index (χ4v) is 3.07. The summed E-state index contributed by atoms with van der Waals surface area (Å²) in [4.78, 5) is -0.0679. The second kappa shape index (κ2) is 7.88. The summed E-state index contributed by atoms with van der Waals surface area (Å²) in [7, 11) is -3.81. The van der Waals surface area contributed by atoms with E-state index < -0.39 is 47.3 Å². The number of benzene rings is 1. The summed E-state index contributed by atoms with van der Waals surface area (Å²) in [6, 6.07) is 4.27. The lowest BCUT2D eigenvalue weighted by Gasteiger charge is -2.40. The van der Waals surface area contributed by atoms with Gasteiger partial charge in [-0.05, 0) is 36.5 Å². The lowest BCUT2D eigenvalue weighted by molar-refractivity contribution is -0.251. The molecule has 1 aromatic rings. The van der Waals surface area contributed by atoms with Gasteiger partial charge in [0.2, 0.25) is 10.0 Å². The van der Waals surface area contributed by atoms with Crippen LogP contribution in [0.25, 0.3) is 0 Å². The second-order valence-electron chi connectivity index (χ2n) is 5.42. The number of aliphatic hydroxyl groups is 4. The zero-order chi connectivity index (χ0) is 18.8. The van der Waals surface area contributed by atoms with Crippen LogP contribution in [0.1, 0.15) is 0 Å². The number of nitrogens with one attached hydrogen (secondary N) is 2. The van der Waals surface area contributed by atoms with Crippen molar-refractivity contribution in [1.29, 1.82) is 0 Å². The summed E-state index contributed by atoms with van der Waals surface area (Å²) in [5, 5.41) is 49.0. The Bertz CT molecular complexity index is 713. The molecule has 8 N–H and O–H groups in total. The summed E-state index contributed by atoms with van der Waals surface area (Å²) in [6.45, 7) is -0.568. The number of primary sulfonamides is 1. The van der Waals surface area contributed by atoms with Crippen molar-refractivity contribution < 1.29 is 33.6 Å². The lowest BCUT2D eigenvalue weighted by atomic mass is 9.97. The third-order valence-electron chi connectivity index (χ3n) is 3.64. The zero-order valence-electron chi connectivity index (χ0n) is 12.8. The molecule has 1 aliphatic heterocycles. The Labute approximate surface area is 149 Å². The molecule has 1 heterocycles. The van der Waals surface area contributed by atoms with Gasteiger partial charge in [0.25, 0.3) is 0 Å². The van der Waals surface area contributed by atoms with E-state index in [1.165, 1.54) is 24.3 Å². The number of thiocarbonyl (C=S) groups is 1. The van der Waals surface area contributed by atoms with Crippen LogP contribution in [0.4, 0.5) is 5.69 Å². The summed E-state index contributed by atoms with van der Waals surface area (Å²) in [6.07, 6.45) is -5.48. The van der Waals surface area contributed by atoms with E-state index in [4.69, 9.17) is 27.2 Å². The van der Waals surface area contributed by atoms with Gasteiger partial charge in [-0.2, -0.15) is 0 Å². The van der Waals surface area contributed by atoms with Gasteiger partial charge in [0.1, 0.15) is 24.4 Å². The molecule has 12 heteroatoms. The first kappa shape index (κ1) is 19.9. The van der Waals surface area contributed by atoms with Crippen LogP contribution in [0.3, 0.4) is 0 Å². The van der Waals surface area contributed by atoms with Crippen molar-refractivity contribution >= 4 is 33.0 Å². The molecule has 0 bridgehead atoms. The van der Waals surface area contributed by atoms with E-state index in [1.54, 1.807) is 0 Å². The molecule has 0 saturated carbocycles. The normalized spacial score (nSPS) is 29.9. The van der Waals surface area contributed by atoms with Crippen molar-refractivity contribution in [1.82, 2.24) is 5.32 Å². The Morgan fingerprint density at radius 2 is 1.80 bits per heavy atom. The molecule has 1 saturated heterocycles. The van der Waals surface area contributed by atoms with Gasteiger partial charge in [-0.3, -0.25) is 0 Å². The van der Waals surface area contributed by atoms with Gasteiger partial charge < -0.3 is 35.8 Å². The molecule has 10 nitrogen and oxygen atoms in total. The minimum Gasteiger partial charge on any atom is -0.394 e. The van der Waals surface area contributed by atoms with E-state index in [0.717, 1.165) is 0 Å². The average molecular weight is 393 g/mol. The number of hydrogen-bond donors (Lipinski definition) is 7. The van der Waals surface area contributed by atoms with E-state index >= 15 is 0 Å². The number of hydrogen-bond acceptors (Lipinski definition) is 8. The fourth-order valence-electron chi connectivity index (χ4n) is 2.30. The first-order valence-corrected chi connectivity index (χ1v) is 9.10.